The number of rotatable bonds is 8. The molecule has 1 rings (SSSR count). The summed E-state index contributed by atoms with van der Waals surface area (Å²) in [5.41, 5.74) is 0. The lowest BCUT2D eigenvalue weighted by Crippen LogP contribution is -2.27. The van der Waals surface area contributed by atoms with Crippen molar-refractivity contribution in [3.8, 4) is 0 Å². The number of likely N-dealkylation sites (N-methyl/N-ethyl adjacent to an activating group) is 1. The van der Waals surface area contributed by atoms with Gasteiger partial charge >= 0.3 is 0 Å². The van der Waals surface area contributed by atoms with Crippen LogP contribution in [0.1, 0.15) is 11.3 Å². The van der Waals surface area contributed by atoms with Gasteiger partial charge in [0.2, 0.25) is 0 Å². The van der Waals surface area contributed by atoms with Gasteiger partial charge in [0.15, 0.2) is 0 Å². The minimum Gasteiger partial charge on any atom is -0.319 e. The van der Waals surface area contributed by atoms with Crippen LogP contribution in [-0.4, -0.2) is 39.9 Å². The Morgan fingerprint density at radius 1 is 1.50 bits per heavy atom. The Bertz CT molecular complexity index is 480. The third-order valence-electron chi connectivity index (χ3n) is 2.57. The molecule has 1 aromatic rings. The van der Waals surface area contributed by atoms with Crippen LogP contribution in [0, 0.1) is 0 Å². The molecule has 0 fully saturated rings. The topological polar surface area (TPSA) is 49.4 Å². The minimum absolute atomic E-state index is 0.417. The largest absolute Gasteiger partial charge is 0.319 e. The Morgan fingerprint density at radius 2 is 2.22 bits per heavy atom. The normalized spacial score (nSPS) is 11.9. The molecular formula is C12H20N2O2S2. The fraction of sp³-hybridized carbons (Fsp3) is 0.500. The first-order chi connectivity index (χ1) is 8.52. The first kappa shape index (κ1) is 15.4. The highest BCUT2D eigenvalue weighted by molar-refractivity contribution is 7.91. The summed E-state index contributed by atoms with van der Waals surface area (Å²) in [6.07, 6.45) is 3.24. The lowest BCUT2D eigenvalue weighted by molar-refractivity contribution is 0.477. The van der Waals surface area contributed by atoms with E-state index in [1.807, 2.05) is 13.1 Å². The average molecular weight is 288 g/mol. The monoisotopic (exact) mass is 288 g/mol. The van der Waals surface area contributed by atoms with Gasteiger partial charge in [-0.1, -0.05) is 6.08 Å². The van der Waals surface area contributed by atoms with Gasteiger partial charge in [0.25, 0.3) is 10.0 Å². The molecule has 0 amide bonds. The van der Waals surface area contributed by atoms with Crippen LogP contribution in [0.25, 0.3) is 0 Å². The lowest BCUT2D eigenvalue weighted by atomic mass is 10.3. The second-order valence-electron chi connectivity index (χ2n) is 3.98. The van der Waals surface area contributed by atoms with Crippen molar-refractivity contribution >= 4 is 21.4 Å². The van der Waals surface area contributed by atoms with Crippen LogP contribution in [0.2, 0.25) is 0 Å². The summed E-state index contributed by atoms with van der Waals surface area (Å²) < 4.78 is 26.2. The Hall–Kier alpha value is -0.690. The average Bonchev–Trinajstić information content (AvgIpc) is 2.82. The van der Waals surface area contributed by atoms with Gasteiger partial charge in [-0.2, -0.15) is 4.31 Å². The van der Waals surface area contributed by atoms with E-state index in [9.17, 15) is 8.42 Å². The van der Waals surface area contributed by atoms with Crippen molar-refractivity contribution in [3.05, 3.63) is 29.7 Å². The summed E-state index contributed by atoms with van der Waals surface area (Å²) in [5, 5.41) is 3.05. The number of sulfonamides is 1. The molecule has 0 saturated carbocycles. The number of hydrogen-bond acceptors (Lipinski definition) is 4. The molecule has 18 heavy (non-hydrogen) atoms. The smallest absolute Gasteiger partial charge is 0.252 e. The maximum Gasteiger partial charge on any atom is 0.252 e. The zero-order valence-corrected chi connectivity index (χ0v) is 12.5. The van der Waals surface area contributed by atoms with Gasteiger partial charge in [-0.05, 0) is 38.6 Å². The molecule has 0 bridgehead atoms. The number of hydrogen-bond donors (Lipinski definition) is 1. The van der Waals surface area contributed by atoms with E-state index in [2.05, 4.69) is 11.9 Å². The zero-order valence-electron chi connectivity index (χ0n) is 10.8. The van der Waals surface area contributed by atoms with Gasteiger partial charge in [-0.15, -0.1) is 17.9 Å². The third kappa shape index (κ3) is 3.91. The molecule has 1 aromatic heterocycles. The Kier molecular flexibility index (Phi) is 6.01. The summed E-state index contributed by atoms with van der Waals surface area (Å²) in [6.45, 7) is 4.92. The Labute approximate surface area is 113 Å². The van der Waals surface area contributed by atoms with Crippen molar-refractivity contribution in [2.75, 3.05) is 27.2 Å². The minimum atomic E-state index is -3.33. The van der Waals surface area contributed by atoms with E-state index in [0.29, 0.717) is 17.2 Å². The van der Waals surface area contributed by atoms with Crippen LogP contribution in [-0.2, 0) is 16.4 Å². The van der Waals surface area contributed by atoms with E-state index >= 15 is 0 Å². The molecule has 0 spiro atoms. The van der Waals surface area contributed by atoms with Gasteiger partial charge in [-0.3, -0.25) is 0 Å². The molecule has 0 aliphatic carbocycles. The molecule has 4 nitrogen and oxygen atoms in total. The fourth-order valence-electron chi connectivity index (χ4n) is 1.43. The SMILES string of the molecule is C=CCCN(C)S(=O)(=O)c1ccc(CCNC)s1. The lowest BCUT2D eigenvalue weighted by Gasteiger charge is -2.14. The number of nitrogens with zero attached hydrogens (tertiary/aromatic N) is 1. The van der Waals surface area contributed by atoms with E-state index in [4.69, 9.17) is 0 Å². The van der Waals surface area contributed by atoms with Gasteiger partial charge in [0.05, 0.1) is 0 Å². The molecule has 0 aromatic carbocycles. The molecule has 0 aliphatic heterocycles. The van der Waals surface area contributed by atoms with Gasteiger partial charge in [0, 0.05) is 18.5 Å². The van der Waals surface area contributed by atoms with E-state index in [1.165, 1.54) is 15.6 Å². The van der Waals surface area contributed by atoms with Crippen LogP contribution in [0.15, 0.2) is 29.0 Å². The van der Waals surface area contributed by atoms with Gasteiger partial charge in [0.1, 0.15) is 4.21 Å². The highest BCUT2D eigenvalue weighted by Crippen LogP contribution is 2.24. The van der Waals surface area contributed by atoms with Crippen molar-refractivity contribution in [1.29, 1.82) is 0 Å². The molecular weight excluding hydrogens is 268 g/mol. The predicted molar refractivity (Wildman–Crippen MR) is 76.6 cm³/mol. The van der Waals surface area contributed by atoms with E-state index < -0.39 is 10.0 Å². The summed E-state index contributed by atoms with van der Waals surface area (Å²) in [7, 11) is 0.154. The van der Waals surface area contributed by atoms with Crippen LogP contribution in [0.5, 0.6) is 0 Å². The van der Waals surface area contributed by atoms with Crippen molar-refractivity contribution in [2.24, 2.45) is 0 Å². The van der Waals surface area contributed by atoms with Gasteiger partial charge < -0.3 is 5.32 Å². The summed E-state index contributed by atoms with van der Waals surface area (Å²) >= 11 is 1.35. The van der Waals surface area contributed by atoms with Gasteiger partial charge in [-0.25, -0.2) is 8.42 Å². The summed E-state index contributed by atoms with van der Waals surface area (Å²) in [4.78, 5) is 1.08. The van der Waals surface area contributed by atoms with Crippen molar-refractivity contribution in [3.63, 3.8) is 0 Å². The van der Waals surface area contributed by atoms with Crippen LogP contribution in [0.3, 0.4) is 0 Å². The molecule has 102 valence electrons. The quantitative estimate of drug-likeness (QED) is 0.741. The number of thiophene rings is 1. The second-order valence-corrected chi connectivity index (χ2v) is 7.42. The predicted octanol–water partition coefficient (Wildman–Crippen LogP) is 1.71. The zero-order chi connectivity index (χ0) is 13.6. The van der Waals surface area contributed by atoms with Crippen LogP contribution in [0.4, 0.5) is 0 Å². The molecule has 0 unspecified atom stereocenters. The third-order valence-corrected chi connectivity index (χ3v) is 6.04. The summed E-state index contributed by atoms with van der Waals surface area (Å²) in [5.74, 6) is 0. The molecule has 6 heteroatoms. The summed E-state index contributed by atoms with van der Waals surface area (Å²) in [6, 6.07) is 3.58. The highest BCUT2D eigenvalue weighted by Gasteiger charge is 2.21. The van der Waals surface area contributed by atoms with Crippen LogP contribution < -0.4 is 5.32 Å². The number of nitrogens with one attached hydrogen (secondary N) is 1. The molecule has 0 radical (unpaired) electrons. The van der Waals surface area contributed by atoms with Crippen molar-refractivity contribution in [1.82, 2.24) is 9.62 Å². The maximum absolute atomic E-state index is 12.2. The molecule has 0 aliphatic rings. The molecule has 1 N–H and O–H groups in total. The standard InChI is InChI=1S/C12H20N2O2S2/c1-4-5-10-14(3)18(15,16)12-7-6-11(17-12)8-9-13-2/h4,6-7,13H,1,5,8-10H2,2-3H3. The first-order valence-corrected chi connectivity index (χ1v) is 8.08. The van der Waals surface area contributed by atoms with Crippen molar-refractivity contribution in [2.45, 2.75) is 17.1 Å². The highest BCUT2D eigenvalue weighted by atomic mass is 32.2. The fourth-order valence-corrected chi connectivity index (χ4v) is 4.18. The molecule has 1 heterocycles. The second kappa shape index (κ2) is 7.04. The van der Waals surface area contributed by atoms with E-state index in [1.54, 1.807) is 19.2 Å². The van der Waals surface area contributed by atoms with E-state index in [0.717, 1.165) is 17.8 Å². The first-order valence-electron chi connectivity index (χ1n) is 5.83. The van der Waals surface area contributed by atoms with Crippen molar-refractivity contribution < 1.29 is 8.42 Å². The Morgan fingerprint density at radius 3 is 2.83 bits per heavy atom. The Balaban J connectivity index is 2.78. The maximum atomic E-state index is 12.2. The molecule has 0 saturated heterocycles. The van der Waals surface area contributed by atoms with E-state index in [-0.39, 0.29) is 0 Å². The molecule has 0 atom stereocenters. The van der Waals surface area contributed by atoms with Crippen LogP contribution >= 0.6 is 11.3 Å².